The van der Waals surface area contributed by atoms with Crippen molar-refractivity contribution in [3.05, 3.63) is 54.4 Å². The molecule has 0 saturated carbocycles. The summed E-state index contributed by atoms with van der Waals surface area (Å²) < 4.78 is 2.03. The van der Waals surface area contributed by atoms with Gasteiger partial charge in [-0.3, -0.25) is 14.9 Å². The minimum absolute atomic E-state index is 0.243. The first-order valence-corrected chi connectivity index (χ1v) is 6.30. The van der Waals surface area contributed by atoms with Gasteiger partial charge in [0.05, 0.1) is 11.0 Å². The SMILES string of the molecule is NC1=N[C@@H](c2cccnc2)n2c(nc3ccccc32)N1. The van der Waals surface area contributed by atoms with Gasteiger partial charge in [0.2, 0.25) is 5.95 Å². The Balaban J connectivity index is 1.98. The van der Waals surface area contributed by atoms with Gasteiger partial charge in [-0.1, -0.05) is 18.2 Å². The number of anilines is 1. The number of imidazole rings is 1. The molecule has 0 radical (unpaired) electrons. The number of hydrogen-bond donors (Lipinski definition) is 2. The number of benzene rings is 1. The second-order valence-corrected chi connectivity index (χ2v) is 4.59. The normalized spacial score (nSPS) is 17.4. The van der Waals surface area contributed by atoms with Crippen LogP contribution in [0.1, 0.15) is 11.7 Å². The van der Waals surface area contributed by atoms with Crippen LogP contribution in [0.5, 0.6) is 0 Å². The maximum atomic E-state index is 5.86. The van der Waals surface area contributed by atoms with Crippen LogP contribution in [0.2, 0.25) is 0 Å². The molecule has 20 heavy (non-hydrogen) atoms. The lowest BCUT2D eigenvalue weighted by Gasteiger charge is -2.23. The van der Waals surface area contributed by atoms with Crippen LogP contribution in [0.15, 0.2) is 53.8 Å². The van der Waals surface area contributed by atoms with Crippen LogP contribution in [0.3, 0.4) is 0 Å². The third kappa shape index (κ3) is 1.55. The molecule has 0 saturated heterocycles. The van der Waals surface area contributed by atoms with Gasteiger partial charge >= 0.3 is 0 Å². The summed E-state index contributed by atoms with van der Waals surface area (Å²) in [4.78, 5) is 13.2. The lowest BCUT2D eigenvalue weighted by Crippen LogP contribution is -2.31. The molecule has 3 heterocycles. The fraction of sp³-hybridized carbons (Fsp3) is 0.0714. The van der Waals surface area contributed by atoms with Crippen molar-refractivity contribution in [3.8, 4) is 0 Å². The summed E-state index contributed by atoms with van der Waals surface area (Å²) in [6.07, 6.45) is 3.29. The average Bonchev–Trinajstić information content (AvgIpc) is 2.85. The molecule has 0 spiro atoms. The predicted octanol–water partition coefficient (Wildman–Crippen LogP) is 1.72. The number of hydrogen-bond acceptors (Lipinski definition) is 5. The molecule has 0 unspecified atom stereocenters. The molecule has 6 nitrogen and oxygen atoms in total. The Morgan fingerprint density at radius 3 is 2.90 bits per heavy atom. The molecule has 0 fully saturated rings. The number of aliphatic imine (C=N–C) groups is 1. The number of guanidine groups is 1. The molecule has 4 rings (SSSR count). The summed E-state index contributed by atoms with van der Waals surface area (Å²) >= 11 is 0. The Morgan fingerprint density at radius 2 is 2.05 bits per heavy atom. The van der Waals surface area contributed by atoms with E-state index in [1.165, 1.54) is 0 Å². The zero-order chi connectivity index (χ0) is 13.5. The minimum Gasteiger partial charge on any atom is -0.370 e. The van der Waals surface area contributed by atoms with Crippen molar-refractivity contribution in [2.75, 3.05) is 5.32 Å². The second kappa shape index (κ2) is 4.06. The Labute approximate surface area is 115 Å². The summed E-state index contributed by atoms with van der Waals surface area (Å²) in [5, 5.41) is 3.01. The number of nitrogens with two attached hydrogens (primary N) is 1. The van der Waals surface area contributed by atoms with Gasteiger partial charge in [-0.25, -0.2) is 9.98 Å². The van der Waals surface area contributed by atoms with E-state index < -0.39 is 0 Å². The highest BCUT2D eigenvalue weighted by Gasteiger charge is 2.24. The highest BCUT2D eigenvalue weighted by Crippen LogP contribution is 2.31. The zero-order valence-corrected chi connectivity index (χ0v) is 10.6. The van der Waals surface area contributed by atoms with Crippen molar-refractivity contribution < 1.29 is 0 Å². The van der Waals surface area contributed by atoms with Crippen molar-refractivity contribution in [1.29, 1.82) is 0 Å². The summed E-state index contributed by atoms with van der Waals surface area (Å²) in [5.74, 6) is 1.06. The standard InChI is InChI=1S/C14H12N6/c15-13-18-12(9-4-3-7-16-8-9)20-11-6-2-1-5-10(11)17-14(20)19-13/h1-8,12H,(H3,15,17,18,19)/t12-/m1/s1. The lowest BCUT2D eigenvalue weighted by molar-refractivity contribution is 0.623. The molecule has 3 aromatic rings. The predicted molar refractivity (Wildman–Crippen MR) is 77.4 cm³/mol. The van der Waals surface area contributed by atoms with Gasteiger partial charge < -0.3 is 5.73 Å². The van der Waals surface area contributed by atoms with Gasteiger partial charge in [0.1, 0.15) is 0 Å². The smallest absolute Gasteiger partial charge is 0.212 e. The molecule has 6 heteroatoms. The van der Waals surface area contributed by atoms with Crippen LogP contribution in [0.4, 0.5) is 5.95 Å². The summed E-state index contributed by atoms with van der Waals surface area (Å²) in [6, 6.07) is 11.8. The third-order valence-corrected chi connectivity index (χ3v) is 3.32. The van der Waals surface area contributed by atoms with E-state index in [1.807, 2.05) is 41.0 Å². The van der Waals surface area contributed by atoms with Crippen LogP contribution in [-0.2, 0) is 0 Å². The number of nitrogens with one attached hydrogen (secondary N) is 1. The molecule has 3 N–H and O–H groups in total. The minimum atomic E-state index is -0.243. The molecule has 0 aliphatic carbocycles. The number of pyridine rings is 1. The molecule has 1 atom stereocenters. The third-order valence-electron chi connectivity index (χ3n) is 3.32. The first-order chi connectivity index (χ1) is 9.83. The van der Waals surface area contributed by atoms with E-state index in [1.54, 1.807) is 12.4 Å². The molecule has 1 aliphatic rings. The maximum Gasteiger partial charge on any atom is 0.212 e. The van der Waals surface area contributed by atoms with Gasteiger partial charge in [0.25, 0.3) is 0 Å². The number of nitrogens with zero attached hydrogens (tertiary/aromatic N) is 4. The highest BCUT2D eigenvalue weighted by atomic mass is 15.4. The molecule has 98 valence electrons. The van der Waals surface area contributed by atoms with Crippen molar-refractivity contribution in [3.63, 3.8) is 0 Å². The summed E-state index contributed by atoms with van der Waals surface area (Å²) in [6.45, 7) is 0. The average molecular weight is 264 g/mol. The van der Waals surface area contributed by atoms with Crippen molar-refractivity contribution in [2.45, 2.75) is 6.17 Å². The number of para-hydroxylation sites is 2. The largest absolute Gasteiger partial charge is 0.370 e. The van der Waals surface area contributed by atoms with E-state index in [2.05, 4.69) is 20.3 Å². The van der Waals surface area contributed by atoms with E-state index in [0.717, 1.165) is 16.6 Å². The zero-order valence-electron chi connectivity index (χ0n) is 10.6. The molecule has 0 amide bonds. The van der Waals surface area contributed by atoms with Gasteiger partial charge in [0.15, 0.2) is 12.1 Å². The number of aromatic nitrogens is 3. The Hall–Kier alpha value is -2.89. The highest BCUT2D eigenvalue weighted by molar-refractivity contribution is 5.94. The second-order valence-electron chi connectivity index (χ2n) is 4.59. The van der Waals surface area contributed by atoms with E-state index >= 15 is 0 Å². The maximum absolute atomic E-state index is 5.86. The summed E-state index contributed by atoms with van der Waals surface area (Å²) in [5.41, 5.74) is 8.76. The number of fused-ring (bicyclic) bond motifs is 3. The quantitative estimate of drug-likeness (QED) is 0.701. The van der Waals surface area contributed by atoms with Gasteiger partial charge in [-0.2, -0.15) is 0 Å². The molecule has 2 aromatic heterocycles. The van der Waals surface area contributed by atoms with Crippen LogP contribution in [0, 0.1) is 0 Å². The lowest BCUT2D eigenvalue weighted by atomic mass is 10.2. The number of rotatable bonds is 1. The molecular formula is C14H12N6. The fourth-order valence-electron chi connectivity index (χ4n) is 2.47. The monoisotopic (exact) mass is 264 g/mol. The van der Waals surface area contributed by atoms with Gasteiger partial charge in [-0.15, -0.1) is 0 Å². The van der Waals surface area contributed by atoms with Crippen molar-refractivity contribution >= 4 is 22.9 Å². The van der Waals surface area contributed by atoms with E-state index in [4.69, 9.17) is 5.73 Å². The van der Waals surface area contributed by atoms with Crippen molar-refractivity contribution in [2.24, 2.45) is 10.7 Å². The first-order valence-electron chi connectivity index (χ1n) is 6.30. The van der Waals surface area contributed by atoms with Crippen LogP contribution in [0.25, 0.3) is 11.0 Å². The van der Waals surface area contributed by atoms with E-state index in [0.29, 0.717) is 11.9 Å². The Morgan fingerprint density at radius 1 is 1.15 bits per heavy atom. The fourth-order valence-corrected chi connectivity index (χ4v) is 2.47. The molecule has 0 bridgehead atoms. The van der Waals surface area contributed by atoms with Crippen molar-refractivity contribution in [1.82, 2.24) is 14.5 Å². The van der Waals surface area contributed by atoms with Crippen LogP contribution in [-0.4, -0.2) is 20.5 Å². The summed E-state index contributed by atoms with van der Waals surface area (Å²) in [7, 11) is 0. The Kier molecular flexibility index (Phi) is 2.23. The molecule has 1 aliphatic heterocycles. The van der Waals surface area contributed by atoms with Gasteiger partial charge in [-0.05, 0) is 18.2 Å². The van der Waals surface area contributed by atoms with Crippen LogP contribution < -0.4 is 11.1 Å². The van der Waals surface area contributed by atoms with Crippen LogP contribution >= 0.6 is 0 Å². The van der Waals surface area contributed by atoms with E-state index in [-0.39, 0.29) is 6.17 Å². The topological polar surface area (TPSA) is 81.1 Å². The van der Waals surface area contributed by atoms with E-state index in [9.17, 15) is 0 Å². The Bertz CT molecular complexity index is 805. The van der Waals surface area contributed by atoms with Gasteiger partial charge in [0, 0.05) is 18.0 Å². The molecular weight excluding hydrogens is 252 g/mol. The molecule has 1 aromatic carbocycles. The first kappa shape index (κ1) is 11.0.